The normalized spacial score (nSPS) is 11.8. The number of alkyl halides is 5. The van der Waals surface area contributed by atoms with Crippen LogP contribution in [0.1, 0.15) is 28.0 Å². The lowest BCUT2D eigenvalue weighted by Crippen LogP contribution is -2.20. The molecule has 0 aliphatic heterocycles. The Balaban J connectivity index is 3.45. The van der Waals surface area contributed by atoms with Gasteiger partial charge >= 0.3 is 6.36 Å². The molecular weight excluding hydrogens is 299 g/mol. The van der Waals surface area contributed by atoms with Gasteiger partial charge in [-0.25, -0.2) is 13.8 Å². The molecule has 0 bridgehead atoms. The summed E-state index contributed by atoms with van der Waals surface area (Å²) in [6.45, 7) is -0.704. The first-order valence-electron chi connectivity index (χ1n) is 4.63. The highest BCUT2D eigenvalue weighted by Gasteiger charge is 2.34. The van der Waals surface area contributed by atoms with E-state index in [9.17, 15) is 26.7 Å². The Kier molecular flexibility index (Phi) is 4.64. The van der Waals surface area contributed by atoms with Gasteiger partial charge in [-0.2, -0.15) is 0 Å². The van der Waals surface area contributed by atoms with Crippen molar-refractivity contribution in [3.8, 4) is 5.75 Å². The number of carbonyl (C=O) groups excluding carboxylic acids is 1. The van der Waals surface area contributed by atoms with Crippen molar-refractivity contribution in [2.45, 2.75) is 19.3 Å². The van der Waals surface area contributed by atoms with E-state index in [-0.39, 0.29) is 0 Å². The highest BCUT2D eigenvalue weighted by Crippen LogP contribution is 2.34. The Bertz CT molecular complexity index is 492. The number of rotatable bonds is 4. The molecule has 1 aromatic heterocycles. The van der Waals surface area contributed by atoms with Crippen LogP contribution in [-0.4, -0.2) is 16.6 Å². The molecule has 0 saturated heterocycles. The maximum absolute atomic E-state index is 12.8. The second-order valence-electron chi connectivity index (χ2n) is 3.19. The lowest BCUT2D eigenvalue weighted by Gasteiger charge is -2.16. The van der Waals surface area contributed by atoms with Crippen molar-refractivity contribution < 1.29 is 31.5 Å². The Labute approximate surface area is 108 Å². The Morgan fingerprint density at radius 1 is 1.47 bits per heavy atom. The molecule has 4 nitrogen and oxygen atoms in total. The van der Waals surface area contributed by atoms with Crippen LogP contribution in [0.2, 0.25) is 0 Å². The third-order valence-corrected chi connectivity index (χ3v) is 2.20. The lowest BCUT2D eigenvalue weighted by atomic mass is 10.1. The standard InChI is InChI=1S/C9H6ClF5N2O2/c10-7(18)6-5(8(11)12)3(1-16)4(2-17-6)19-9(13,14)15/h2,8H,1,16H2. The summed E-state index contributed by atoms with van der Waals surface area (Å²) in [7, 11) is 0. The third-order valence-electron chi connectivity index (χ3n) is 2.02. The van der Waals surface area contributed by atoms with Gasteiger partial charge in [0, 0.05) is 12.1 Å². The van der Waals surface area contributed by atoms with Crippen LogP contribution in [0.3, 0.4) is 0 Å². The maximum Gasteiger partial charge on any atom is 0.573 e. The molecule has 2 N–H and O–H groups in total. The monoisotopic (exact) mass is 304 g/mol. The van der Waals surface area contributed by atoms with Crippen LogP contribution >= 0.6 is 11.6 Å². The van der Waals surface area contributed by atoms with Crippen LogP contribution in [0.5, 0.6) is 5.75 Å². The summed E-state index contributed by atoms with van der Waals surface area (Å²) >= 11 is 5.03. The summed E-state index contributed by atoms with van der Waals surface area (Å²) in [5, 5.41) is -1.33. The highest BCUT2D eigenvalue weighted by atomic mass is 35.5. The SMILES string of the molecule is NCc1c(OC(F)(F)F)cnc(C(=O)Cl)c1C(F)F. The first-order chi connectivity index (χ1) is 8.67. The topological polar surface area (TPSA) is 65.2 Å². The summed E-state index contributed by atoms with van der Waals surface area (Å²) in [4.78, 5) is 14.1. The number of nitrogens with zero attached hydrogens (tertiary/aromatic N) is 1. The molecule has 0 spiro atoms. The molecule has 1 rings (SSSR count). The zero-order valence-corrected chi connectivity index (χ0v) is 9.73. The van der Waals surface area contributed by atoms with E-state index in [4.69, 9.17) is 17.3 Å². The molecule has 0 aliphatic rings. The summed E-state index contributed by atoms with van der Waals surface area (Å²) < 4.78 is 65.4. The zero-order valence-electron chi connectivity index (χ0n) is 8.97. The van der Waals surface area contributed by atoms with E-state index in [1.54, 1.807) is 0 Å². The molecule has 1 heterocycles. The van der Waals surface area contributed by atoms with E-state index in [1.807, 2.05) is 0 Å². The van der Waals surface area contributed by atoms with E-state index in [0.29, 0.717) is 6.20 Å². The van der Waals surface area contributed by atoms with E-state index in [0.717, 1.165) is 0 Å². The van der Waals surface area contributed by atoms with Crippen molar-refractivity contribution in [2.75, 3.05) is 0 Å². The molecule has 0 amide bonds. The maximum atomic E-state index is 12.8. The largest absolute Gasteiger partial charge is 0.573 e. The Morgan fingerprint density at radius 3 is 2.42 bits per heavy atom. The molecule has 0 fully saturated rings. The molecule has 0 radical (unpaired) electrons. The predicted molar refractivity (Wildman–Crippen MR) is 54.0 cm³/mol. The van der Waals surface area contributed by atoms with Gasteiger partial charge in [-0.15, -0.1) is 13.2 Å². The quantitative estimate of drug-likeness (QED) is 0.686. The van der Waals surface area contributed by atoms with Crippen LogP contribution in [0, 0.1) is 0 Å². The van der Waals surface area contributed by atoms with Crippen LogP contribution < -0.4 is 10.5 Å². The average molecular weight is 305 g/mol. The molecule has 19 heavy (non-hydrogen) atoms. The van der Waals surface area contributed by atoms with Gasteiger partial charge in [-0.3, -0.25) is 4.79 Å². The molecule has 0 aromatic carbocycles. The van der Waals surface area contributed by atoms with E-state index in [2.05, 4.69) is 9.72 Å². The molecule has 106 valence electrons. The number of hydrogen-bond acceptors (Lipinski definition) is 4. The van der Waals surface area contributed by atoms with Crippen molar-refractivity contribution in [3.05, 3.63) is 23.0 Å². The molecule has 0 aliphatic carbocycles. The number of pyridine rings is 1. The van der Waals surface area contributed by atoms with Crippen LogP contribution in [0.4, 0.5) is 22.0 Å². The fraction of sp³-hybridized carbons (Fsp3) is 0.333. The molecule has 0 unspecified atom stereocenters. The molecule has 0 saturated carbocycles. The predicted octanol–water partition coefficient (Wildman–Crippen LogP) is 2.76. The van der Waals surface area contributed by atoms with Gasteiger partial charge in [0.15, 0.2) is 5.75 Å². The summed E-state index contributed by atoms with van der Waals surface area (Å²) in [6.07, 6.45) is -7.91. The highest BCUT2D eigenvalue weighted by molar-refractivity contribution is 6.67. The fourth-order valence-corrected chi connectivity index (χ4v) is 1.51. The van der Waals surface area contributed by atoms with Crippen molar-refractivity contribution in [1.29, 1.82) is 0 Å². The minimum absolute atomic E-state index is 0.469. The Hall–Kier alpha value is -1.48. The first kappa shape index (κ1) is 15.6. The van der Waals surface area contributed by atoms with Gasteiger partial charge in [0.05, 0.1) is 11.8 Å². The van der Waals surface area contributed by atoms with Gasteiger partial charge in [0.2, 0.25) is 0 Å². The van der Waals surface area contributed by atoms with Gasteiger partial charge < -0.3 is 10.5 Å². The van der Waals surface area contributed by atoms with Gasteiger partial charge in [0.1, 0.15) is 5.69 Å². The number of ether oxygens (including phenoxy) is 1. The van der Waals surface area contributed by atoms with Gasteiger partial charge in [-0.05, 0) is 11.6 Å². The summed E-state index contributed by atoms with van der Waals surface area (Å²) in [6, 6.07) is 0. The summed E-state index contributed by atoms with van der Waals surface area (Å²) in [5.41, 5.74) is 2.52. The second kappa shape index (κ2) is 5.66. The number of halogens is 6. The van der Waals surface area contributed by atoms with E-state index >= 15 is 0 Å². The second-order valence-corrected chi connectivity index (χ2v) is 3.53. The summed E-state index contributed by atoms with van der Waals surface area (Å²) in [5.74, 6) is -0.994. The van der Waals surface area contributed by atoms with Crippen molar-refractivity contribution >= 4 is 16.8 Å². The molecular formula is C9H6ClF5N2O2. The Morgan fingerprint density at radius 2 is 2.05 bits per heavy atom. The average Bonchev–Trinajstić information content (AvgIpc) is 2.25. The van der Waals surface area contributed by atoms with Crippen LogP contribution in [-0.2, 0) is 6.54 Å². The first-order valence-corrected chi connectivity index (χ1v) is 5.00. The van der Waals surface area contributed by atoms with Crippen molar-refractivity contribution in [1.82, 2.24) is 4.98 Å². The number of aromatic nitrogens is 1. The van der Waals surface area contributed by atoms with Crippen molar-refractivity contribution in [3.63, 3.8) is 0 Å². The molecule has 0 atom stereocenters. The number of carbonyl (C=O) groups is 1. The number of nitrogens with two attached hydrogens (primary N) is 1. The fourth-order valence-electron chi connectivity index (χ4n) is 1.36. The van der Waals surface area contributed by atoms with Gasteiger partial charge in [0.25, 0.3) is 11.7 Å². The minimum atomic E-state index is -5.10. The van der Waals surface area contributed by atoms with Gasteiger partial charge in [-0.1, -0.05) is 0 Å². The van der Waals surface area contributed by atoms with Crippen LogP contribution in [0.15, 0.2) is 6.20 Å². The number of hydrogen-bond donors (Lipinski definition) is 1. The van der Waals surface area contributed by atoms with Crippen molar-refractivity contribution in [2.24, 2.45) is 5.73 Å². The lowest BCUT2D eigenvalue weighted by molar-refractivity contribution is -0.275. The third kappa shape index (κ3) is 3.74. The van der Waals surface area contributed by atoms with Crippen LogP contribution in [0.25, 0.3) is 0 Å². The zero-order chi connectivity index (χ0) is 14.8. The van der Waals surface area contributed by atoms with E-state index in [1.165, 1.54) is 0 Å². The smallest absolute Gasteiger partial charge is 0.404 e. The minimum Gasteiger partial charge on any atom is -0.404 e. The molecule has 10 heteroatoms. The molecule has 1 aromatic rings. The van der Waals surface area contributed by atoms with E-state index < -0.39 is 47.1 Å².